The number of ether oxygens (including phenoxy) is 2. The molecule has 0 radical (unpaired) electrons. The van der Waals surface area contributed by atoms with Gasteiger partial charge in [0.2, 0.25) is 0 Å². The molecule has 16 heavy (non-hydrogen) atoms. The third-order valence-corrected chi connectivity index (χ3v) is 3.46. The van der Waals surface area contributed by atoms with Gasteiger partial charge < -0.3 is 14.6 Å². The molecule has 3 nitrogen and oxygen atoms in total. The van der Waals surface area contributed by atoms with E-state index in [0.717, 1.165) is 24.8 Å². The highest BCUT2D eigenvalue weighted by molar-refractivity contribution is 5.06. The van der Waals surface area contributed by atoms with Gasteiger partial charge in [0.25, 0.3) is 0 Å². The lowest BCUT2D eigenvalue weighted by Crippen LogP contribution is -2.31. The van der Waals surface area contributed by atoms with E-state index in [1.807, 2.05) is 0 Å². The summed E-state index contributed by atoms with van der Waals surface area (Å²) in [6, 6.07) is 0. The zero-order chi connectivity index (χ0) is 11.3. The van der Waals surface area contributed by atoms with Gasteiger partial charge in [-0.3, -0.25) is 0 Å². The molecule has 1 N–H and O–H groups in total. The summed E-state index contributed by atoms with van der Waals surface area (Å²) in [4.78, 5) is 0. The van der Waals surface area contributed by atoms with Crippen molar-refractivity contribution < 1.29 is 14.6 Å². The molecule has 1 heterocycles. The fourth-order valence-electron chi connectivity index (χ4n) is 2.57. The molecule has 0 aromatic rings. The minimum absolute atomic E-state index is 0.133. The molecule has 0 saturated carbocycles. The van der Waals surface area contributed by atoms with E-state index >= 15 is 0 Å². The molecule has 0 unspecified atom stereocenters. The van der Waals surface area contributed by atoms with Crippen LogP contribution in [0.15, 0.2) is 11.6 Å². The second kappa shape index (κ2) is 5.80. The molecule has 0 bridgehead atoms. The zero-order valence-corrected chi connectivity index (χ0v) is 9.91. The van der Waals surface area contributed by atoms with Crippen LogP contribution >= 0.6 is 0 Å². The highest BCUT2D eigenvalue weighted by Gasteiger charge is 2.36. The van der Waals surface area contributed by atoms with Gasteiger partial charge in [-0.25, -0.2) is 0 Å². The summed E-state index contributed by atoms with van der Waals surface area (Å²) in [5.74, 6) is -0.425. The molecule has 0 aromatic carbocycles. The molecule has 1 spiro atoms. The van der Waals surface area contributed by atoms with Gasteiger partial charge in [-0.2, -0.15) is 0 Å². The van der Waals surface area contributed by atoms with Crippen molar-refractivity contribution in [3.05, 3.63) is 11.6 Å². The Labute approximate surface area is 97.4 Å². The van der Waals surface area contributed by atoms with Crippen LogP contribution in [-0.4, -0.2) is 30.7 Å². The molecule has 1 aliphatic carbocycles. The number of hydrogen-bond acceptors (Lipinski definition) is 3. The number of aliphatic hydroxyl groups excluding tert-OH is 1. The molecule has 92 valence electrons. The first-order valence-electron chi connectivity index (χ1n) is 6.41. The molecule has 1 saturated heterocycles. The second-order valence-corrected chi connectivity index (χ2v) is 4.76. The van der Waals surface area contributed by atoms with Crippen molar-refractivity contribution in [1.82, 2.24) is 0 Å². The lowest BCUT2D eigenvalue weighted by atomic mass is 9.96. The fourth-order valence-corrected chi connectivity index (χ4v) is 2.57. The van der Waals surface area contributed by atoms with Crippen LogP contribution < -0.4 is 0 Å². The number of aliphatic hydroxyl groups is 1. The minimum atomic E-state index is -0.425. The molecule has 3 heteroatoms. The summed E-state index contributed by atoms with van der Waals surface area (Å²) in [7, 11) is 0. The lowest BCUT2D eigenvalue weighted by Gasteiger charge is -2.29. The zero-order valence-electron chi connectivity index (χ0n) is 9.91. The van der Waals surface area contributed by atoms with E-state index in [-0.39, 0.29) is 6.61 Å². The highest BCUT2D eigenvalue weighted by atomic mass is 16.7. The summed E-state index contributed by atoms with van der Waals surface area (Å²) in [6.07, 6.45) is 9.87. The van der Waals surface area contributed by atoms with Crippen molar-refractivity contribution in [2.24, 2.45) is 0 Å². The standard InChI is InChI=1S/C13H22O3/c14-11-12-6-4-2-1-3-5-7-13(10-12)15-8-9-16-13/h6,14H,1-5,7-11H2/b12-6+. The maximum atomic E-state index is 9.33. The number of rotatable bonds is 1. The first-order valence-corrected chi connectivity index (χ1v) is 6.41. The Morgan fingerprint density at radius 2 is 1.88 bits per heavy atom. The topological polar surface area (TPSA) is 38.7 Å². The molecule has 2 rings (SSSR count). The summed E-state index contributed by atoms with van der Waals surface area (Å²) < 4.78 is 11.5. The van der Waals surface area contributed by atoms with Crippen molar-refractivity contribution in [1.29, 1.82) is 0 Å². The van der Waals surface area contributed by atoms with E-state index < -0.39 is 5.79 Å². The van der Waals surface area contributed by atoms with Gasteiger partial charge in [0.1, 0.15) is 0 Å². The monoisotopic (exact) mass is 226 g/mol. The van der Waals surface area contributed by atoms with Crippen LogP contribution in [0.5, 0.6) is 0 Å². The molecule has 0 atom stereocenters. The first-order chi connectivity index (χ1) is 7.85. The quantitative estimate of drug-likeness (QED) is 0.698. The third kappa shape index (κ3) is 3.06. The van der Waals surface area contributed by atoms with Gasteiger partial charge in [0, 0.05) is 12.8 Å². The van der Waals surface area contributed by atoms with Gasteiger partial charge in [0.15, 0.2) is 5.79 Å². The predicted molar refractivity (Wildman–Crippen MR) is 62.1 cm³/mol. The van der Waals surface area contributed by atoms with Crippen LogP contribution in [0.2, 0.25) is 0 Å². The molecular formula is C13H22O3. The molecule has 1 fully saturated rings. The maximum Gasteiger partial charge on any atom is 0.172 e. The average molecular weight is 226 g/mol. The van der Waals surface area contributed by atoms with Crippen molar-refractivity contribution >= 4 is 0 Å². The van der Waals surface area contributed by atoms with Crippen LogP contribution in [0.25, 0.3) is 0 Å². The van der Waals surface area contributed by atoms with Crippen molar-refractivity contribution in [3.63, 3.8) is 0 Å². The van der Waals surface area contributed by atoms with Crippen LogP contribution in [0.1, 0.15) is 44.9 Å². The van der Waals surface area contributed by atoms with Crippen molar-refractivity contribution in [2.75, 3.05) is 19.8 Å². The van der Waals surface area contributed by atoms with Gasteiger partial charge in [-0.15, -0.1) is 0 Å². The third-order valence-electron chi connectivity index (χ3n) is 3.46. The number of allylic oxidation sites excluding steroid dienone is 1. The van der Waals surface area contributed by atoms with Crippen LogP contribution in [0, 0.1) is 0 Å². The highest BCUT2D eigenvalue weighted by Crippen LogP contribution is 2.33. The van der Waals surface area contributed by atoms with E-state index in [2.05, 4.69) is 6.08 Å². The smallest absolute Gasteiger partial charge is 0.172 e. The Hall–Kier alpha value is -0.380. The Kier molecular flexibility index (Phi) is 4.38. The first kappa shape index (κ1) is 12.1. The van der Waals surface area contributed by atoms with E-state index in [1.165, 1.54) is 25.7 Å². The summed E-state index contributed by atoms with van der Waals surface area (Å²) >= 11 is 0. The maximum absolute atomic E-state index is 9.33. The van der Waals surface area contributed by atoms with E-state index in [9.17, 15) is 5.11 Å². The van der Waals surface area contributed by atoms with Crippen LogP contribution in [-0.2, 0) is 9.47 Å². The molecule has 1 aliphatic heterocycles. The van der Waals surface area contributed by atoms with Crippen molar-refractivity contribution in [3.8, 4) is 0 Å². The second-order valence-electron chi connectivity index (χ2n) is 4.76. The van der Waals surface area contributed by atoms with Crippen molar-refractivity contribution in [2.45, 2.75) is 50.7 Å². The normalized spacial score (nSPS) is 29.9. The number of hydrogen-bond donors (Lipinski definition) is 1. The molecule has 0 aromatic heterocycles. The van der Waals surface area contributed by atoms with Crippen LogP contribution in [0.4, 0.5) is 0 Å². The SMILES string of the molecule is OC/C1=C/CCCCCCC2(C1)OCCO2. The molecular weight excluding hydrogens is 204 g/mol. The summed E-state index contributed by atoms with van der Waals surface area (Å²) in [5.41, 5.74) is 1.07. The Morgan fingerprint density at radius 3 is 2.62 bits per heavy atom. The largest absolute Gasteiger partial charge is 0.392 e. The van der Waals surface area contributed by atoms with Gasteiger partial charge >= 0.3 is 0 Å². The molecule has 0 amide bonds. The predicted octanol–water partition coefficient (Wildman–Crippen LogP) is 2.39. The Balaban J connectivity index is 2.06. The summed E-state index contributed by atoms with van der Waals surface area (Å²) in [6.45, 7) is 1.52. The Bertz CT molecular complexity index is 242. The van der Waals surface area contributed by atoms with E-state index in [0.29, 0.717) is 13.2 Å². The fraction of sp³-hybridized carbons (Fsp3) is 0.846. The van der Waals surface area contributed by atoms with E-state index in [1.54, 1.807) is 0 Å². The average Bonchev–Trinajstić information content (AvgIpc) is 2.75. The Morgan fingerprint density at radius 1 is 1.12 bits per heavy atom. The lowest BCUT2D eigenvalue weighted by molar-refractivity contribution is -0.162. The minimum Gasteiger partial charge on any atom is -0.392 e. The van der Waals surface area contributed by atoms with Gasteiger partial charge in [-0.05, 0) is 24.8 Å². The van der Waals surface area contributed by atoms with E-state index in [4.69, 9.17) is 9.47 Å². The summed E-state index contributed by atoms with van der Waals surface area (Å²) in [5, 5.41) is 9.33. The van der Waals surface area contributed by atoms with Gasteiger partial charge in [0.05, 0.1) is 19.8 Å². The molecule has 2 aliphatic rings. The van der Waals surface area contributed by atoms with Crippen LogP contribution in [0.3, 0.4) is 0 Å². The van der Waals surface area contributed by atoms with Gasteiger partial charge in [-0.1, -0.05) is 18.9 Å².